The van der Waals surface area contributed by atoms with E-state index in [1.165, 1.54) is 26.1 Å². The summed E-state index contributed by atoms with van der Waals surface area (Å²) < 4.78 is 33.7. The molecule has 0 unspecified atom stereocenters. The number of hydrogen-bond donors (Lipinski definition) is 1. The molecule has 11 heteroatoms. The van der Waals surface area contributed by atoms with Gasteiger partial charge in [-0.25, -0.2) is 18.8 Å². The molecular weight excluding hydrogens is 497 g/mol. The summed E-state index contributed by atoms with van der Waals surface area (Å²) in [5.41, 5.74) is -1.79. The van der Waals surface area contributed by atoms with Crippen molar-refractivity contribution in [2.45, 2.75) is 32.4 Å². The Kier molecular flexibility index (Phi) is 7.96. The molecule has 10 nitrogen and oxygen atoms in total. The van der Waals surface area contributed by atoms with Crippen LogP contribution in [0.1, 0.15) is 40.8 Å². The molecular formula is C27H26FN3O7. The number of aromatic nitrogens is 2. The van der Waals surface area contributed by atoms with E-state index < -0.39 is 54.1 Å². The lowest BCUT2D eigenvalue weighted by Gasteiger charge is -2.30. The van der Waals surface area contributed by atoms with Gasteiger partial charge in [0.1, 0.15) is 25.1 Å². The molecule has 1 aromatic heterocycles. The SMILES string of the molecule is CC(=O)Nc1ccn([C@H]2O[C@H](COC(=O)c3ccccc3)[C@@](C)(COC(=O)c3ccccc3)[C@@H]2F)c(=O)n1. The number of benzene rings is 2. The fraction of sp³-hybridized carbons (Fsp3) is 0.296. The molecule has 198 valence electrons. The Balaban J connectivity index is 1.57. The maximum Gasteiger partial charge on any atom is 0.351 e. The minimum Gasteiger partial charge on any atom is -0.461 e. The molecule has 1 aliphatic heterocycles. The third kappa shape index (κ3) is 5.78. The average molecular weight is 524 g/mol. The fourth-order valence-electron chi connectivity index (χ4n) is 4.05. The largest absolute Gasteiger partial charge is 0.461 e. The number of esters is 2. The molecule has 4 atom stereocenters. The number of nitrogens with zero attached hydrogens (tertiary/aromatic N) is 2. The first-order valence-corrected chi connectivity index (χ1v) is 11.8. The molecule has 38 heavy (non-hydrogen) atoms. The second-order valence-corrected chi connectivity index (χ2v) is 9.01. The van der Waals surface area contributed by atoms with E-state index >= 15 is 4.39 Å². The van der Waals surface area contributed by atoms with Crippen molar-refractivity contribution in [2.24, 2.45) is 5.41 Å². The van der Waals surface area contributed by atoms with Crippen molar-refractivity contribution in [1.82, 2.24) is 9.55 Å². The topological polar surface area (TPSA) is 126 Å². The van der Waals surface area contributed by atoms with Gasteiger partial charge < -0.3 is 19.5 Å². The molecule has 1 N–H and O–H groups in total. The van der Waals surface area contributed by atoms with E-state index in [-0.39, 0.29) is 18.0 Å². The van der Waals surface area contributed by atoms with Gasteiger partial charge in [-0.2, -0.15) is 4.98 Å². The minimum absolute atomic E-state index is 0.0000455. The summed E-state index contributed by atoms with van der Waals surface area (Å²) in [5, 5.41) is 2.38. The van der Waals surface area contributed by atoms with Gasteiger partial charge in [-0.3, -0.25) is 9.36 Å². The Morgan fingerprint density at radius 1 is 1.00 bits per heavy atom. The fourth-order valence-corrected chi connectivity index (χ4v) is 4.05. The van der Waals surface area contributed by atoms with Gasteiger partial charge >= 0.3 is 17.6 Å². The van der Waals surface area contributed by atoms with Crippen LogP contribution in [0, 0.1) is 5.41 Å². The van der Waals surface area contributed by atoms with E-state index in [4.69, 9.17) is 14.2 Å². The summed E-state index contributed by atoms with van der Waals surface area (Å²) in [6.07, 6.45) is -3.16. The molecule has 1 aliphatic rings. The number of halogens is 1. The van der Waals surface area contributed by atoms with Gasteiger partial charge in [-0.05, 0) is 30.3 Å². The summed E-state index contributed by atoms with van der Waals surface area (Å²) in [6.45, 7) is 1.96. The van der Waals surface area contributed by atoms with E-state index in [0.29, 0.717) is 5.56 Å². The average Bonchev–Trinajstić information content (AvgIpc) is 3.16. The third-order valence-electron chi connectivity index (χ3n) is 6.23. The van der Waals surface area contributed by atoms with Crippen LogP contribution in [-0.2, 0) is 19.0 Å². The van der Waals surface area contributed by atoms with Crippen molar-refractivity contribution in [2.75, 3.05) is 18.5 Å². The highest BCUT2D eigenvalue weighted by Crippen LogP contribution is 2.45. The Morgan fingerprint density at radius 2 is 1.58 bits per heavy atom. The number of amides is 1. The van der Waals surface area contributed by atoms with E-state index in [9.17, 15) is 19.2 Å². The van der Waals surface area contributed by atoms with Crippen molar-refractivity contribution < 1.29 is 33.0 Å². The number of anilines is 1. The van der Waals surface area contributed by atoms with Gasteiger partial charge in [0.15, 0.2) is 12.4 Å². The molecule has 0 saturated carbocycles. The highest BCUT2D eigenvalue weighted by Gasteiger charge is 2.56. The maximum absolute atomic E-state index is 16.0. The first kappa shape index (κ1) is 26.7. The lowest BCUT2D eigenvalue weighted by Crippen LogP contribution is -2.43. The van der Waals surface area contributed by atoms with Gasteiger partial charge in [-0.1, -0.05) is 43.3 Å². The van der Waals surface area contributed by atoms with Crippen LogP contribution >= 0.6 is 0 Å². The van der Waals surface area contributed by atoms with E-state index in [1.807, 2.05) is 0 Å². The predicted octanol–water partition coefficient (Wildman–Crippen LogP) is 3.16. The molecule has 0 bridgehead atoms. The number of alkyl halides is 1. The van der Waals surface area contributed by atoms with E-state index in [0.717, 1.165) is 4.57 Å². The highest BCUT2D eigenvalue weighted by atomic mass is 19.1. The van der Waals surface area contributed by atoms with Crippen molar-refractivity contribution in [3.8, 4) is 0 Å². The Bertz CT molecular complexity index is 1370. The Labute approximate surface area is 217 Å². The van der Waals surface area contributed by atoms with Crippen molar-refractivity contribution in [3.63, 3.8) is 0 Å². The molecule has 0 aliphatic carbocycles. The number of rotatable bonds is 8. The van der Waals surface area contributed by atoms with Gasteiger partial charge in [0.05, 0.1) is 16.5 Å². The zero-order chi connectivity index (χ0) is 27.3. The first-order valence-electron chi connectivity index (χ1n) is 11.8. The number of ether oxygens (including phenoxy) is 3. The van der Waals surface area contributed by atoms with Crippen LogP contribution in [0.2, 0.25) is 0 Å². The number of nitrogens with one attached hydrogen (secondary N) is 1. The van der Waals surface area contributed by atoms with Gasteiger partial charge in [0.25, 0.3) is 0 Å². The summed E-state index contributed by atoms with van der Waals surface area (Å²) in [6, 6.07) is 17.8. The molecule has 1 fully saturated rings. The molecule has 0 spiro atoms. The van der Waals surface area contributed by atoms with Crippen LogP contribution in [0.25, 0.3) is 0 Å². The monoisotopic (exact) mass is 523 g/mol. The first-order chi connectivity index (χ1) is 18.2. The highest BCUT2D eigenvalue weighted by molar-refractivity contribution is 5.90. The Hall–Kier alpha value is -4.38. The summed E-state index contributed by atoms with van der Waals surface area (Å²) in [4.78, 5) is 52.8. The van der Waals surface area contributed by atoms with Crippen LogP contribution in [0.5, 0.6) is 0 Å². The molecule has 0 radical (unpaired) electrons. The summed E-state index contributed by atoms with van der Waals surface area (Å²) >= 11 is 0. The van der Waals surface area contributed by atoms with Crippen LogP contribution < -0.4 is 11.0 Å². The molecule has 2 aromatic carbocycles. The number of hydrogen-bond acceptors (Lipinski definition) is 8. The van der Waals surface area contributed by atoms with E-state index in [2.05, 4.69) is 10.3 Å². The van der Waals surface area contributed by atoms with Crippen molar-refractivity contribution >= 4 is 23.7 Å². The number of carbonyl (C=O) groups is 3. The normalized spacial score (nSPS) is 22.4. The quantitative estimate of drug-likeness (QED) is 0.447. The smallest absolute Gasteiger partial charge is 0.351 e. The molecule has 1 amide bonds. The third-order valence-corrected chi connectivity index (χ3v) is 6.23. The zero-order valence-corrected chi connectivity index (χ0v) is 20.7. The van der Waals surface area contributed by atoms with Gasteiger partial charge in [-0.15, -0.1) is 0 Å². The van der Waals surface area contributed by atoms with Crippen molar-refractivity contribution in [3.05, 3.63) is 94.5 Å². The van der Waals surface area contributed by atoms with Crippen LogP contribution in [-0.4, -0.2) is 52.9 Å². The lowest BCUT2D eigenvalue weighted by atomic mass is 9.82. The summed E-state index contributed by atoms with van der Waals surface area (Å²) in [5.74, 6) is -1.74. The van der Waals surface area contributed by atoms with Gasteiger partial charge in [0.2, 0.25) is 5.91 Å². The molecule has 1 saturated heterocycles. The maximum atomic E-state index is 16.0. The molecule has 2 heterocycles. The number of carbonyl (C=O) groups excluding carboxylic acids is 3. The second-order valence-electron chi connectivity index (χ2n) is 9.01. The minimum atomic E-state index is -1.86. The van der Waals surface area contributed by atoms with Crippen LogP contribution in [0.15, 0.2) is 77.7 Å². The molecule has 3 aromatic rings. The Morgan fingerprint density at radius 3 is 2.13 bits per heavy atom. The standard InChI is InChI=1S/C27H26FN3O7/c1-17(32)29-21-13-14-31(26(35)30-21)23-22(28)27(2,16-37-25(34)19-11-7-4-8-12-19)20(38-23)15-36-24(33)18-9-5-3-6-10-18/h3-14,20,22-23H,15-16H2,1-2H3,(H,29,30,32,35)/t20-,22-,23+,27-/m1/s1. The van der Waals surface area contributed by atoms with Gasteiger partial charge in [0, 0.05) is 13.1 Å². The van der Waals surface area contributed by atoms with Crippen LogP contribution in [0.3, 0.4) is 0 Å². The lowest BCUT2D eigenvalue weighted by molar-refractivity contribution is -0.114. The molecule has 4 rings (SSSR count). The van der Waals surface area contributed by atoms with Crippen molar-refractivity contribution in [1.29, 1.82) is 0 Å². The van der Waals surface area contributed by atoms with Crippen LogP contribution in [0.4, 0.5) is 10.2 Å². The zero-order valence-electron chi connectivity index (χ0n) is 20.7. The van der Waals surface area contributed by atoms with E-state index in [1.54, 1.807) is 60.7 Å². The summed E-state index contributed by atoms with van der Waals surface area (Å²) in [7, 11) is 0. The second kappa shape index (κ2) is 11.3. The predicted molar refractivity (Wildman–Crippen MR) is 133 cm³/mol.